The molecule has 0 amide bonds. The molecule has 8 nitrogen and oxygen atoms in total. The lowest BCUT2D eigenvalue weighted by Gasteiger charge is -2.16. The van der Waals surface area contributed by atoms with Gasteiger partial charge in [-0.15, -0.1) is 0 Å². The second kappa shape index (κ2) is 8.35. The third-order valence-corrected chi connectivity index (χ3v) is 6.16. The number of aryl methyl sites for hydroxylation is 2. The molecule has 0 spiro atoms. The van der Waals surface area contributed by atoms with Crippen LogP contribution < -0.4 is 9.47 Å². The van der Waals surface area contributed by atoms with Crippen LogP contribution in [0.25, 0.3) is 0 Å². The van der Waals surface area contributed by atoms with Crippen LogP contribution in [0.3, 0.4) is 0 Å². The fraction of sp³-hybridized carbons (Fsp3) is 0.227. The molecule has 0 N–H and O–H groups in total. The number of ketones is 1. The van der Waals surface area contributed by atoms with Gasteiger partial charge in [0.1, 0.15) is 11.3 Å². The van der Waals surface area contributed by atoms with Gasteiger partial charge in [-0.05, 0) is 37.6 Å². The normalized spacial score (nSPS) is 11.3. The van der Waals surface area contributed by atoms with Crippen molar-refractivity contribution in [2.24, 2.45) is 7.05 Å². The molecule has 9 heteroatoms. The van der Waals surface area contributed by atoms with Gasteiger partial charge in [0, 0.05) is 18.9 Å². The van der Waals surface area contributed by atoms with Crippen molar-refractivity contribution < 1.29 is 27.5 Å². The van der Waals surface area contributed by atoms with Gasteiger partial charge in [0.05, 0.1) is 29.3 Å². The smallest absolute Gasteiger partial charge is 0.344 e. The summed E-state index contributed by atoms with van der Waals surface area (Å²) in [7, 11) is -0.624. The summed E-state index contributed by atoms with van der Waals surface area (Å²) in [4.78, 5) is 26.0. The Kier molecular flexibility index (Phi) is 5.99. The molecule has 162 valence electrons. The number of hydrogen-bond acceptors (Lipinski definition) is 7. The number of aromatic nitrogens is 2. The van der Waals surface area contributed by atoms with E-state index in [2.05, 4.69) is 5.10 Å². The minimum Gasteiger partial charge on any atom is -0.496 e. The summed E-state index contributed by atoms with van der Waals surface area (Å²) in [6.07, 6.45) is 2.40. The van der Waals surface area contributed by atoms with E-state index >= 15 is 0 Å². The van der Waals surface area contributed by atoms with Gasteiger partial charge in [0.2, 0.25) is 11.7 Å². The molecule has 31 heavy (non-hydrogen) atoms. The molecular formula is C22H22N2O6S. The number of sulfone groups is 1. The van der Waals surface area contributed by atoms with E-state index in [0.717, 1.165) is 6.26 Å². The average molecular weight is 442 g/mol. The van der Waals surface area contributed by atoms with Crippen LogP contribution in [0.15, 0.2) is 47.5 Å². The second-order valence-electron chi connectivity index (χ2n) is 7.07. The molecule has 0 atom stereocenters. The Balaban J connectivity index is 2.08. The van der Waals surface area contributed by atoms with Crippen LogP contribution in [0, 0.1) is 13.8 Å². The van der Waals surface area contributed by atoms with Crippen molar-refractivity contribution in [2.45, 2.75) is 18.7 Å². The minimum absolute atomic E-state index is 0.0246. The van der Waals surface area contributed by atoms with E-state index in [1.807, 2.05) is 0 Å². The van der Waals surface area contributed by atoms with E-state index in [9.17, 15) is 18.0 Å². The fourth-order valence-electron chi connectivity index (χ4n) is 3.52. The van der Waals surface area contributed by atoms with Crippen LogP contribution in [0.1, 0.15) is 37.4 Å². The molecule has 0 aliphatic carbocycles. The Bertz CT molecular complexity index is 1280. The van der Waals surface area contributed by atoms with Crippen molar-refractivity contribution in [3.63, 3.8) is 0 Å². The lowest BCUT2D eigenvalue weighted by Crippen LogP contribution is -2.15. The first-order valence-corrected chi connectivity index (χ1v) is 11.2. The fourth-order valence-corrected chi connectivity index (χ4v) is 4.81. The zero-order chi connectivity index (χ0) is 22.9. The molecule has 0 aliphatic heterocycles. The number of rotatable bonds is 6. The van der Waals surface area contributed by atoms with Crippen molar-refractivity contribution in [3.8, 4) is 11.6 Å². The molecule has 0 saturated carbocycles. The molecule has 0 bridgehead atoms. The number of methoxy groups -OCH3 is 1. The Labute approximate surface area is 180 Å². The zero-order valence-electron chi connectivity index (χ0n) is 17.8. The van der Waals surface area contributed by atoms with E-state index < -0.39 is 21.6 Å². The number of carbonyl (C=O) groups excluding carboxylic acids is 2. The van der Waals surface area contributed by atoms with E-state index in [4.69, 9.17) is 9.47 Å². The van der Waals surface area contributed by atoms with Crippen molar-refractivity contribution in [3.05, 3.63) is 70.4 Å². The van der Waals surface area contributed by atoms with Crippen LogP contribution >= 0.6 is 0 Å². The third-order valence-electron chi connectivity index (χ3n) is 4.79. The molecule has 0 unspecified atom stereocenters. The maximum absolute atomic E-state index is 13.4. The third kappa shape index (κ3) is 4.22. The maximum atomic E-state index is 13.4. The van der Waals surface area contributed by atoms with Gasteiger partial charge in [-0.25, -0.2) is 17.9 Å². The summed E-state index contributed by atoms with van der Waals surface area (Å²) in [6, 6.07) is 9.82. The highest BCUT2D eigenvalue weighted by Crippen LogP contribution is 2.35. The molecule has 3 aromatic rings. The van der Waals surface area contributed by atoms with Gasteiger partial charge in [-0.3, -0.25) is 4.79 Å². The summed E-state index contributed by atoms with van der Waals surface area (Å²) < 4.78 is 36.5. The lowest BCUT2D eigenvalue weighted by atomic mass is 9.99. The Morgan fingerprint density at radius 2 is 1.71 bits per heavy atom. The molecule has 1 aromatic heterocycles. The standard InChI is InChI=1S/C22H22N2O6S/c1-13-11-16(19(29-4)14(2)20(13)31(5,27)28)18(25)17-12-23-24(3)21(17)30-22(26)15-9-7-6-8-10-15/h6-12H,1-5H3. The second-order valence-corrected chi connectivity index (χ2v) is 9.02. The number of esters is 1. The Morgan fingerprint density at radius 1 is 1.06 bits per heavy atom. The quantitative estimate of drug-likeness (QED) is 0.427. The molecule has 0 aliphatic rings. The van der Waals surface area contributed by atoms with Crippen molar-refractivity contribution in [2.75, 3.05) is 13.4 Å². The highest BCUT2D eigenvalue weighted by molar-refractivity contribution is 7.90. The summed E-state index contributed by atoms with van der Waals surface area (Å²) in [5, 5.41) is 4.05. The monoisotopic (exact) mass is 442 g/mol. The van der Waals surface area contributed by atoms with Crippen molar-refractivity contribution >= 4 is 21.6 Å². The minimum atomic E-state index is -3.53. The van der Waals surface area contributed by atoms with E-state index in [1.54, 1.807) is 51.2 Å². The predicted molar refractivity (Wildman–Crippen MR) is 114 cm³/mol. The van der Waals surface area contributed by atoms with Gasteiger partial charge in [0.25, 0.3) is 0 Å². The van der Waals surface area contributed by atoms with Crippen molar-refractivity contribution in [1.82, 2.24) is 9.78 Å². The first-order valence-electron chi connectivity index (χ1n) is 9.28. The van der Waals surface area contributed by atoms with Gasteiger partial charge in [-0.1, -0.05) is 18.2 Å². The van der Waals surface area contributed by atoms with Gasteiger partial charge >= 0.3 is 5.97 Å². The molecule has 0 fully saturated rings. The number of ether oxygens (including phenoxy) is 2. The summed E-state index contributed by atoms with van der Waals surface area (Å²) >= 11 is 0. The van der Waals surface area contributed by atoms with Crippen molar-refractivity contribution in [1.29, 1.82) is 0 Å². The van der Waals surface area contributed by atoms with E-state index in [0.29, 0.717) is 16.7 Å². The Hall–Kier alpha value is -3.46. The summed E-state index contributed by atoms with van der Waals surface area (Å²) in [5.41, 5.74) is 1.27. The number of carbonyl (C=O) groups is 2. The molecule has 1 heterocycles. The molecular weight excluding hydrogens is 420 g/mol. The van der Waals surface area contributed by atoms with Crippen LogP contribution in [0.4, 0.5) is 0 Å². The first-order chi connectivity index (χ1) is 14.6. The highest BCUT2D eigenvalue weighted by Gasteiger charge is 2.28. The number of hydrogen-bond donors (Lipinski definition) is 0. The van der Waals surface area contributed by atoms with Crippen LogP contribution in [-0.4, -0.2) is 43.3 Å². The largest absolute Gasteiger partial charge is 0.496 e. The van der Waals surface area contributed by atoms with E-state index in [1.165, 1.54) is 24.1 Å². The molecule has 0 radical (unpaired) electrons. The van der Waals surface area contributed by atoms with Crippen LogP contribution in [0.2, 0.25) is 0 Å². The van der Waals surface area contributed by atoms with Crippen LogP contribution in [-0.2, 0) is 16.9 Å². The van der Waals surface area contributed by atoms with E-state index in [-0.39, 0.29) is 27.7 Å². The van der Waals surface area contributed by atoms with Gasteiger partial charge in [0.15, 0.2) is 9.84 Å². The van der Waals surface area contributed by atoms with Gasteiger partial charge < -0.3 is 9.47 Å². The number of nitrogens with zero attached hydrogens (tertiary/aromatic N) is 2. The summed E-state index contributed by atoms with van der Waals surface area (Å²) in [6.45, 7) is 3.19. The molecule has 2 aromatic carbocycles. The SMILES string of the molecule is COc1c(C(=O)c2cnn(C)c2OC(=O)c2ccccc2)cc(C)c(S(C)(=O)=O)c1C. The van der Waals surface area contributed by atoms with Gasteiger partial charge in [-0.2, -0.15) is 5.10 Å². The lowest BCUT2D eigenvalue weighted by molar-refractivity contribution is 0.0718. The predicted octanol–water partition coefficient (Wildman–Crippen LogP) is 2.90. The molecule has 3 rings (SSSR count). The first kappa shape index (κ1) is 22.2. The highest BCUT2D eigenvalue weighted by atomic mass is 32.2. The molecule has 0 saturated heterocycles. The topological polar surface area (TPSA) is 105 Å². The number of benzene rings is 2. The maximum Gasteiger partial charge on any atom is 0.344 e. The Morgan fingerprint density at radius 3 is 2.29 bits per heavy atom. The van der Waals surface area contributed by atoms with Crippen LogP contribution in [0.5, 0.6) is 11.6 Å². The summed E-state index contributed by atoms with van der Waals surface area (Å²) in [5.74, 6) is -1.03. The zero-order valence-corrected chi connectivity index (χ0v) is 18.6. The average Bonchev–Trinajstić information content (AvgIpc) is 3.07.